The molecule has 1 unspecified atom stereocenters. The van der Waals surface area contributed by atoms with Gasteiger partial charge in [0.25, 0.3) is 0 Å². The van der Waals surface area contributed by atoms with Crippen molar-refractivity contribution in [2.24, 2.45) is 0 Å². The molecule has 1 heterocycles. The van der Waals surface area contributed by atoms with Gasteiger partial charge in [-0.05, 0) is 47.2 Å². The lowest BCUT2D eigenvalue weighted by Crippen LogP contribution is -2.37. The third-order valence-corrected chi connectivity index (χ3v) is 8.81. The third-order valence-electron chi connectivity index (χ3n) is 7.15. The lowest BCUT2D eigenvalue weighted by molar-refractivity contribution is 0.186. The second kappa shape index (κ2) is 12.8. The fourth-order valence-electron chi connectivity index (χ4n) is 5.17. The highest BCUT2D eigenvalue weighted by Gasteiger charge is 2.38. The molecule has 0 aliphatic carbocycles. The summed E-state index contributed by atoms with van der Waals surface area (Å²) in [6.45, 7) is 0.136. The van der Waals surface area contributed by atoms with Crippen molar-refractivity contribution in [3.05, 3.63) is 161 Å². The van der Waals surface area contributed by atoms with E-state index >= 15 is 0 Å². The number of aliphatic hydroxyl groups is 1. The van der Waals surface area contributed by atoms with Crippen LogP contribution in [0.3, 0.4) is 0 Å². The number of halogens is 1. The summed E-state index contributed by atoms with van der Waals surface area (Å²) in [5.74, 6) is -0.386. The fourth-order valence-corrected chi connectivity index (χ4v) is 6.47. The second-order valence-corrected chi connectivity index (χ2v) is 12.3. The van der Waals surface area contributed by atoms with E-state index in [1.54, 1.807) is 24.3 Å². The van der Waals surface area contributed by atoms with Crippen molar-refractivity contribution in [1.29, 1.82) is 0 Å². The number of rotatable bonds is 12. The molecule has 0 saturated heterocycles. The van der Waals surface area contributed by atoms with Crippen molar-refractivity contribution in [2.75, 3.05) is 5.75 Å². The summed E-state index contributed by atoms with van der Waals surface area (Å²) < 4.78 is 29.8. The van der Waals surface area contributed by atoms with Gasteiger partial charge in [0.05, 0.1) is 23.9 Å². The Morgan fingerprint density at radius 1 is 0.805 bits per heavy atom. The van der Waals surface area contributed by atoms with Crippen molar-refractivity contribution in [2.45, 2.75) is 31.0 Å². The van der Waals surface area contributed by atoms with E-state index in [1.807, 2.05) is 67.1 Å². The molecule has 4 aromatic carbocycles. The summed E-state index contributed by atoms with van der Waals surface area (Å²) in [6.07, 6.45) is 3.46. The van der Waals surface area contributed by atoms with Gasteiger partial charge in [-0.15, -0.1) is 0 Å². The Hall–Kier alpha value is -3.75. The summed E-state index contributed by atoms with van der Waals surface area (Å²) in [4.78, 5) is 4.69. The van der Waals surface area contributed by atoms with Crippen molar-refractivity contribution >= 4 is 21.6 Å². The van der Waals surface area contributed by atoms with Crippen LogP contribution in [0.5, 0.6) is 0 Å². The molecular formula is C33H32ClN3O3S. The van der Waals surface area contributed by atoms with Gasteiger partial charge >= 0.3 is 0 Å². The maximum atomic E-state index is 12.6. The van der Waals surface area contributed by atoms with E-state index in [1.165, 1.54) is 0 Å². The molecule has 0 amide bonds. The van der Waals surface area contributed by atoms with Gasteiger partial charge in [-0.3, -0.25) is 0 Å². The average Bonchev–Trinajstić information content (AvgIpc) is 3.47. The Balaban J connectivity index is 1.35. The van der Waals surface area contributed by atoms with Crippen molar-refractivity contribution in [3.63, 3.8) is 0 Å². The first-order valence-corrected chi connectivity index (χ1v) is 15.5. The molecule has 2 N–H and O–H groups in total. The van der Waals surface area contributed by atoms with Gasteiger partial charge < -0.3 is 9.67 Å². The van der Waals surface area contributed by atoms with Gasteiger partial charge in [0, 0.05) is 17.8 Å². The highest BCUT2D eigenvalue weighted by Crippen LogP contribution is 2.40. The Morgan fingerprint density at radius 2 is 1.32 bits per heavy atom. The molecule has 0 aliphatic rings. The predicted octanol–water partition coefficient (Wildman–Crippen LogP) is 5.79. The lowest BCUT2D eigenvalue weighted by Gasteiger charge is -2.37. The van der Waals surface area contributed by atoms with E-state index in [4.69, 9.17) is 11.6 Å². The van der Waals surface area contributed by atoms with E-state index in [9.17, 15) is 13.5 Å². The molecule has 0 radical (unpaired) electrons. The number of imidazole rings is 1. The lowest BCUT2D eigenvalue weighted by atomic mass is 9.77. The van der Waals surface area contributed by atoms with Crippen LogP contribution in [0.4, 0.5) is 0 Å². The maximum Gasteiger partial charge on any atom is 0.214 e. The quantitative estimate of drug-likeness (QED) is 0.182. The molecule has 41 heavy (non-hydrogen) atoms. The number of hydrogen-bond acceptors (Lipinski definition) is 4. The first-order chi connectivity index (χ1) is 19.9. The monoisotopic (exact) mass is 585 g/mol. The van der Waals surface area contributed by atoms with Gasteiger partial charge in [-0.2, -0.15) is 0 Å². The summed E-state index contributed by atoms with van der Waals surface area (Å²) in [5.41, 5.74) is 4.12. The van der Waals surface area contributed by atoms with Gasteiger partial charge in [0.1, 0.15) is 5.54 Å². The topological polar surface area (TPSA) is 84.2 Å². The Kier molecular flexibility index (Phi) is 9.00. The SMILES string of the molecule is O=S(=O)(CC(O)CCc1cn(C(c2ccccc2)(c2ccccc2)c2ccccc2)cn1)NCc1ccc(Cl)cc1. The fraction of sp³-hybridized carbons (Fsp3) is 0.182. The van der Waals surface area contributed by atoms with Crippen molar-refractivity contribution in [1.82, 2.24) is 14.3 Å². The van der Waals surface area contributed by atoms with E-state index in [0.29, 0.717) is 11.4 Å². The first kappa shape index (κ1) is 28.8. The molecule has 0 fully saturated rings. The number of aryl methyl sites for hydroxylation is 1. The highest BCUT2D eigenvalue weighted by atomic mass is 35.5. The Labute approximate surface area is 246 Å². The van der Waals surface area contributed by atoms with E-state index in [-0.39, 0.29) is 18.7 Å². The number of sulfonamides is 1. The largest absolute Gasteiger partial charge is 0.392 e. The number of nitrogens with one attached hydrogen (secondary N) is 1. The zero-order valence-corrected chi connectivity index (χ0v) is 24.0. The van der Waals surface area contributed by atoms with Crippen LogP contribution in [-0.4, -0.2) is 34.9 Å². The second-order valence-electron chi connectivity index (χ2n) is 10.0. The van der Waals surface area contributed by atoms with Crippen LogP contribution in [0.2, 0.25) is 5.02 Å². The van der Waals surface area contributed by atoms with Crippen LogP contribution in [0.15, 0.2) is 128 Å². The van der Waals surface area contributed by atoms with Crippen LogP contribution in [0, 0.1) is 0 Å². The van der Waals surface area contributed by atoms with Crippen LogP contribution in [0.25, 0.3) is 0 Å². The van der Waals surface area contributed by atoms with Crippen molar-refractivity contribution in [3.8, 4) is 0 Å². The van der Waals surface area contributed by atoms with E-state index in [0.717, 1.165) is 27.9 Å². The zero-order valence-electron chi connectivity index (χ0n) is 22.5. The molecule has 0 bridgehead atoms. The van der Waals surface area contributed by atoms with Gasteiger partial charge in [-0.1, -0.05) is 115 Å². The molecule has 5 aromatic rings. The normalized spacial score (nSPS) is 12.7. The van der Waals surface area contributed by atoms with Gasteiger partial charge in [0.2, 0.25) is 10.0 Å². The maximum absolute atomic E-state index is 12.6. The number of nitrogens with zero attached hydrogens (tertiary/aromatic N) is 2. The van der Waals surface area contributed by atoms with Gasteiger partial charge in [0.15, 0.2) is 0 Å². The van der Waals surface area contributed by atoms with Gasteiger partial charge in [-0.25, -0.2) is 18.1 Å². The van der Waals surface area contributed by atoms with Crippen LogP contribution in [0.1, 0.15) is 34.4 Å². The third kappa shape index (κ3) is 6.77. The highest BCUT2D eigenvalue weighted by molar-refractivity contribution is 7.89. The standard InChI is InChI=1S/C33H32ClN3O3S/c34-30-18-16-26(17-19-30)22-36-41(39,40)24-32(38)21-20-31-23-37(25-35-31)33(27-10-4-1-5-11-27,28-12-6-2-7-13-28)29-14-8-3-9-15-29/h1-19,23,25,32,36,38H,20-22,24H2. The molecule has 6 nitrogen and oxygen atoms in total. The Morgan fingerprint density at radius 3 is 1.83 bits per heavy atom. The molecule has 8 heteroatoms. The molecule has 1 aromatic heterocycles. The van der Waals surface area contributed by atoms with Crippen LogP contribution in [-0.2, 0) is 28.5 Å². The Bertz CT molecular complexity index is 1550. The predicted molar refractivity (Wildman–Crippen MR) is 163 cm³/mol. The number of benzene rings is 4. The molecule has 0 aliphatic heterocycles. The van der Waals surface area contributed by atoms with E-state index < -0.39 is 21.7 Å². The first-order valence-electron chi connectivity index (χ1n) is 13.5. The van der Waals surface area contributed by atoms with Crippen molar-refractivity contribution < 1.29 is 13.5 Å². The minimum atomic E-state index is -3.68. The summed E-state index contributed by atoms with van der Waals surface area (Å²) in [6, 6.07) is 37.9. The molecule has 5 rings (SSSR count). The number of aromatic nitrogens is 2. The summed E-state index contributed by atoms with van der Waals surface area (Å²) >= 11 is 5.90. The van der Waals surface area contributed by atoms with E-state index in [2.05, 4.69) is 50.7 Å². The smallest absolute Gasteiger partial charge is 0.214 e. The number of hydrogen-bond donors (Lipinski definition) is 2. The molecule has 1 atom stereocenters. The minimum absolute atomic E-state index is 0.136. The molecule has 0 saturated carbocycles. The summed E-state index contributed by atoms with van der Waals surface area (Å²) in [7, 11) is -3.68. The number of aliphatic hydroxyl groups excluding tert-OH is 1. The minimum Gasteiger partial charge on any atom is -0.392 e. The van der Waals surface area contributed by atoms with Crippen LogP contribution >= 0.6 is 11.6 Å². The zero-order chi connectivity index (χ0) is 28.7. The average molecular weight is 586 g/mol. The van der Waals surface area contributed by atoms with Crippen LogP contribution < -0.4 is 4.72 Å². The summed E-state index contributed by atoms with van der Waals surface area (Å²) in [5, 5.41) is 11.2. The molecule has 210 valence electrons. The molecule has 0 spiro atoms. The molecular weight excluding hydrogens is 554 g/mol.